The number of thiazole rings is 1. The first kappa shape index (κ1) is 13.4. The summed E-state index contributed by atoms with van der Waals surface area (Å²) < 4.78 is 11.2. The molecule has 1 aliphatic rings. The number of aromatic nitrogens is 1. The predicted octanol–water partition coefficient (Wildman–Crippen LogP) is 2.98. The fraction of sp³-hybridized carbons (Fsp3) is 0.400. The van der Waals surface area contributed by atoms with Crippen molar-refractivity contribution in [2.24, 2.45) is 0 Å². The van der Waals surface area contributed by atoms with E-state index in [1.807, 2.05) is 17.5 Å². The number of nitrogens with zero attached hydrogens (tertiary/aromatic N) is 1. The summed E-state index contributed by atoms with van der Waals surface area (Å²) in [7, 11) is 1.67. The molecule has 0 amide bonds. The zero-order chi connectivity index (χ0) is 13.8. The summed E-state index contributed by atoms with van der Waals surface area (Å²) in [5.41, 5.74) is 1.22. The molecule has 0 atom stereocenters. The lowest BCUT2D eigenvalue weighted by molar-refractivity contribution is 0.284. The Bertz CT molecular complexity index is 553. The van der Waals surface area contributed by atoms with E-state index in [1.165, 1.54) is 18.4 Å². The van der Waals surface area contributed by atoms with E-state index in [4.69, 9.17) is 9.47 Å². The van der Waals surface area contributed by atoms with Crippen LogP contribution in [-0.4, -0.2) is 18.1 Å². The van der Waals surface area contributed by atoms with Crippen LogP contribution < -0.4 is 14.8 Å². The second-order valence-corrected chi connectivity index (χ2v) is 5.83. The smallest absolute Gasteiger partial charge is 0.161 e. The van der Waals surface area contributed by atoms with Crippen molar-refractivity contribution in [2.75, 3.05) is 7.11 Å². The number of methoxy groups -OCH3 is 1. The van der Waals surface area contributed by atoms with Gasteiger partial charge in [0.15, 0.2) is 11.5 Å². The molecule has 1 heterocycles. The number of hydrogen-bond donors (Lipinski definition) is 1. The molecule has 106 valence electrons. The van der Waals surface area contributed by atoms with Gasteiger partial charge in [-0.05, 0) is 30.5 Å². The van der Waals surface area contributed by atoms with E-state index in [1.54, 1.807) is 24.6 Å². The van der Waals surface area contributed by atoms with Gasteiger partial charge in [-0.3, -0.25) is 0 Å². The topological polar surface area (TPSA) is 43.4 Å². The van der Waals surface area contributed by atoms with E-state index < -0.39 is 0 Å². The molecule has 1 aromatic heterocycles. The molecule has 2 aromatic rings. The number of hydrogen-bond acceptors (Lipinski definition) is 5. The van der Waals surface area contributed by atoms with Crippen LogP contribution >= 0.6 is 11.3 Å². The maximum Gasteiger partial charge on any atom is 0.161 e. The molecule has 0 radical (unpaired) electrons. The van der Waals surface area contributed by atoms with Crippen molar-refractivity contribution in [1.82, 2.24) is 10.3 Å². The molecule has 0 spiro atoms. The summed E-state index contributed by atoms with van der Waals surface area (Å²) in [5.74, 6) is 1.54. The predicted molar refractivity (Wildman–Crippen MR) is 79.3 cm³/mol. The quantitative estimate of drug-likeness (QED) is 0.851. The highest BCUT2D eigenvalue weighted by atomic mass is 32.1. The third kappa shape index (κ3) is 3.49. The fourth-order valence-electron chi connectivity index (χ4n) is 1.95. The summed E-state index contributed by atoms with van der Waals surface area (Å²) in [6.07, 6.45) is 4.38. The molecule has 0 bridgehead atoms. The van der Waals surface area contributed by atoms with Gasteiger partial charge in [0.25, 0.3) is 0 Å². The average molecular weight is 290 g/mol. The van der Waals surface area contributed by atoms with Crippen LogP contribution in [-0.2, 0) is 13.2 Å². The van der Waals surface area contributed by atoms with Gasteiger partial charge in [-0.15, -0.1) is 11.3 Å². The standard InChI is InChI=1S/C15H18N2O2S/c1-18-14-8-11(9-17-12-3-4-12)2-5-13(14)19-10-15-16-6-7-20-15/h2,5-8,12,17H,3-4,9-10H2,1H3. The van der Waals surface area contributed by atoms with Crippen molar-refractivity contribution in [3.8, 4) is 11.5 Å². The summed E-state index contributed by atoms with van der Waals surface area (Å²) in [6, 6.07) is 6.79. The van der Waals surface area contributed by atoms with Crippen LogP contribution in [0, 0.1) is 0 Å². The molecule has 1 fully saturated rings. The number of rotatable bonds is 7. The summed E-state index contributed by atoms with van der Waals surface area (Å²) in [6.45, 7) is 1.36. The number of nitrogens with one attached hydrogen (secondary N) is 1. The van der Waals surface area contributed by atoms with Crippen molar-refractivity contribution in [2.45, 2.75) is 32.0 Å². The molecule has 20 heavy (non-hydrogen) atoms. The molecule has 1 aliphatic carbocycles. The first-order valence-corrected chi connectivity index (χ1v) is 7.64. The summed E-state index contributed by atoms with van der Waals surface area (Å²) in [4.78, 5) is 4.20. The van der Waals surface area contributed by atoms with E-state index in [-0.39, 0.29) is 0 Å². The Balaban J connectivity index is 1.63. The molecular weight excluding hydrogens is 272 g/mol. The van der Waals surface area contributed by atoms with Gasteiger partial charge >= 0.3 is 0 Å². The van der Waals surface area contributed by atoms with E-state index >= 15 is 0 Å². The normalized spacial score (nSPS) is 14.2. The maximum absolute atomic E-state index is 5.77. The van der Waals surface area contributed by atoms with Gasteiger partial charge in [0.05, 0.1) is 7.11 Å². The highest BCUT2D eigenvalue weighted by Gasteiger charge is 2.20. The molecule has 1 aromatic carbocycles. The first-order chi connectivity index (χ1) is 9.85. The van der Waals surface area contributed by atoms with Crippen LogP contribution in [0.2, 0.25) is 0 Å². The summed E-state index contributed by atoms with van der Waals surface area (Å²) >= 11 is 1.59. The van der Waals surface area contributed by atoms with Crippen molar-refractivity contribution in [1.29, 1.82) is 0 Å². The van der Waals surface area contributed by atoms with Crippen LogP contribution in [0.25, 0.3) is 0 Å². The maximum atomic E-state index is 5.77. The Hall–Kier alpha value is -1.59. The monoisotopic (exact) mass is 290 g/mol. The van der Waals surface area contributed by atoms with E-state index in [0.29, 0.717) is 12.6 Å². The Labute approximate surface area is 122 Å². The van der Waals surface area contributed by atoms with Crippen molar-refractivity contribution < 1.29 is 9.47 Å². The second-order valence-electron chi connectivity index (χ2n) is 4.85. The van der Waals surface area contributed by atoms with Crippen LogP contribution in [0.1, 0.15) is 23.4 Å². The van der Waals surface area contributed by atoms with Crippen molar-refractivity contribution in [3.05, 3.63) is 40.3 Å². The first-order valence-electron chi connectivity index (χ1n) is 6.76. The van der Waals surface area contributed by atoms with Crippen LogP contribution in [0.5, 0.6) is 11.5 Å². The molecule has 0 saturated heterocycles. The van der Waals surface area contributed by atoms with Gasteiger partial charge in [-0.2, -0.15) is 0 Å². The molecule has 0 unspecified atom stereocenters. The molecule has 4 nitrogen and oxygen atoms in total. The average Bonchev–Trinajstić information content (AvgIpc) is 3.17. The van der Waals surface area contributed by atoms with Gasteiger partial charge in [0.2, 0.25) is 0 Å². The minimum atomic E-state index is 0.480. The van der Waals surface area contributed by atoms with Crippen LogP contribution in [0.3, 0.4) is 0 Å². The Morgan fingerprint density at radius 2 is 2.25 bits per heavy atom. The number of benzene rings is 1. The Morgan fingerprint density at radius 3 is 2.95 bits per heavy atom. The van der Waals surface area contributed by atoms with Crippen LogP contribution in [0.15, 0.2) is 29.8 Å². The third-order valence-electron chi connectivity index (χ3n) is 3.23. The van der Waals surface area contributed by atoms with Crippen LogP contribution in [0.4, 0.5) is 0 Å². The summed E-state index contributed by atoms with van der Waals surface area (Å²) in [5, 5.41) is 6.40. The third-order valence-corrected chi connectivity index (χ3v) is 3.99. The van der Waals surface area contributed by atoms with Gasteiger partial charge in [-0.25, -0.2) is 4.98 Å². The van der Waals surface area contributed by atoms with E-state index in [2.05, 4.69) is 16.4 Å². The zero-order valence-electron chi connectivity index (χ0n) is 11.5. The van der Waals surface area contributed by atoms with Gasteiger partial charge in [0, 0.05) is 24.2 Å². The lowest BCUT2D eigenvalue weighted by Crippen LogP contribution is -2.15. The SMILES string of the molecule is COc1cc(CNC2CC2)ccc1OCc1nccs1. The molecule has 1 saturated carbocycles. The highest BCUT2D eigenvalue weighted by molar-refractivity contribution is 7.09. The lowest BCUT2D eigenvalue weighted by Gasteiger charge is -2.11. The highest BCUT2D eigenvalue weighted by Crippen LogP contribution is 2.29. The van der Waals surface area contributed by atoms with Gasteiger partial charge < -0.3 is 14.8 Å². The zero-order valence-corrected chi connectivity index (χ0v) is 12.3. The van der Waals surface area contributed by atoms with Gasteiger partial charge in [-0.1, -0.05) is 6.07 Å². The fourth-order valence-corrected chi connectivity index (χ4v) is 2.48. The van der Waals surface area contributed by atoms with Crippen molar-refractivity contribution >= 4 is 11.3 Å². The Morgan fingerprint density at radius 1 is 1.35 bits per heavy atom. The minimum Gasteiger partial charge on any atom is -0.493 e. The van der Waals surface area contributed by atoms with Crippen molar-refractivity contribution in [3.63, 3.8) is 0 Å². The second kappa shape index (κ2) is 6.24. The minimum absolute atomic E-state index is 0.480. The van der Waals surface area contributed by atoms with E-state index in [0.717, 1.165) is 23.1 Å². The Kier molecular flexibility index (Phi) is 4.18. The van der Waals surface area contributed by atoms with Gasteiger partial charge in [0.1, 0.15) is 11.6 Å². The molecule has 5 heteroatoms. The largest absolute Gasteiger partial charge is 0.493 e. The molecular formula is C15H18N2O2S. The lowest BCUT2D eigenvalue weighted by atomic mass is 10.2. The molecule has 0 aliphatic heterocycles. The van der Waals surface area contributed by atoms with E-state index in [9.17, 15) is 0 Å². The number of ether oxygens (including phenoxy) is 2. The molecule has 1 N–H and O–H groups in total. The molecule has 3 rings (SSSR count).